The van der Waals surface area contributed by atoms with E-state index in [1.807, 2.05) is 205 Å². The van der Waals surface area contributed by atoms with Gasteiger partial charge in [-0.15, -0.1) is 19.6 Å². The van der Waals surface area contributed by atoms with E-state index in [0.29, 0.717) is 0 Å². The van der Waals surface area contributed by atoms with Gasteiger partial charge in [-0.05, 0) is 51.3 Å². The zero-order valence-corrected chi connectivity index (χ0v) is 48.4. The first kappa shape index (κ1) is 64.2. The summed E-state index contributed by atoms with van der Waals surface area (Å²) in [6.07, 6.45) is 6.10. The molecule has 8 rings (SSSR count). The number of hydrogen-bond donors (Lipinski definition) is 0. The molecular formula is C71H79CrN6. The summed E-state index contributed by atoms with van der Waals surface area (Å²) in [5, 5.41) is 13.7. The van der Waals surface area contributed by atoms with E-state index in [9.17, 15) is 0 Å². The summed E-state index contributed by atoms with van der Waals surface area (Å²) in [5.41, 5.74) is 16.0. The van der Waals surface area contributed by atoms with Crippen LogP contribution >= 0.6 is 0 Å². The predicted molar refractivity (Wildman–Crippen MR) is 334 cm³/mol. The normalized spacial score (nSPS) is 11.5. The zero-order valence-electron chi connectivity index (χ0n) is 47.2. The minimum Gasteiger partial charge on any atom is -0.684 e. The number of aryl methyl sites for hydroxylation is 2. The molecule has 0 aromatic heterocycles. The van der Waals surface area contributed by atoms with Crippen molar-refractivity contribution >= 4 is 17.1 Å². The molecule has 0 aliphatic carbocycles. The summed E-state index contributed by atoms with van der Waals surface area (Å²) in [6, 6.07) is 82.2. The van der Waals surface area contributed by atoms with E-state index >= 15 is 0 Å². The Morgan fingerprint density at radius 3 is 0.641 bits per heavy atom. The van der Waals surface area contributed by atoms with Crippen LogP contribution in [0.2, 0.25) is 0 Å². The number of rotatable bonds is 18. The molecule has 8 aromatic carbocycles. The number of nitrogens with zero attached hydrogens (tertiary/aromatic N) is 6. The van der Waals surface area contributed by atoms with Gasteiger partial charge in [-0.25, -0.2) is 0 Å². The van der Waals surface area contributed by atoms with Crippen molar-refractivity contribution in [3.63, 3.8) is 0 Å². The van der Waals surface area contributed by atoms with Gasteiger partial charge in [-0.2, -0.15) is 17.1 Å². The zero-order chi connectivity index (χ0) is 55.0. The van der Waals surface area contributed by atoms with Crippen molar-refractivity contribution in [2.75, 3.05) is 0 Å². The van der Waals surface area contributed by atoms with Crippen LogP contribution in [0.3, 0.4) is 0 Å². The second kappa shape index (κ2) is 40.2. The van der Waals surface area contributed by atoms with Crippen molar-refractivity contribution in [1.29, 1.82) is 0 Å². The first-order valence-corrected chi connectivity index (χ1v) is 26.4. The average molecular weight is 1070 g/mol. The van der Waals surface area contributed by atoms with E-state index in [0.717, 1.165) is 73.5 Å². The maximum atomic E-state index is 4.57. The molecule has 0 heterocycles. The molecule has 0 aliphatic rings. The van der Waals surface area contributed by atoms with E-state index in [1.165, 1.54) is 44.5 Å². The Bertz CT molecular complexity index is 2650. The van der Waals surface area contributed by atoms with Crippen molar-refractivity contribution in [3.05, 3.63) is 338 Å². The molecular weight excluding hydrogens is 989 g/mol. The van der Waals surface area contributed by atoms with E-state index in [2.05, 4.69) is 142 Å². The SMILES string of the molecule is CC(/C=C(/C)[N-]Cc1ccccc1)=NCc1ccccc1.CC(/C=C(/C)[N-]Cc1ccccc1)=NCc1ccccc1.CC(/C=C(/C)[N-]Cc1ccccc1)=NCc1ccccc1.Cc1ccccc1.Cc1ccccc1.[Cr+3]. The average Bonchev–Trinajstić information content (AvgIpc) is 3.47. The molecule has 0 N–H and O–H groups in total. The summed E-state index contributed by atoms with van der Waals surface area (Å²) < 4.78 is 0. The molecule has 8 aromatic rings. The number of benzene rings is 8. The van der Waals surface area contributed by atoms with Crippen LogP contribution in [0.15, 0.2) is 293 Å². The van der Waals surface area contributed by atoms with Gasteiger partial charge in [0.05, 0.1) is 19.6 Å². The summed E-state index contributed by atoms with van der Waals surface area (Å²) in [5.74, 6) is 0. The predicted octanol–water partition coefficient (Wildman–Crippen LogP) is 19.4. The van der Waals surface area contributed by atoms with E-state index in [1.54, 1.807) is 0 Å². The maximum Gasteiger partial charge on any atom is 3.00 e. The third-order valence-electron chi connectivity index (χ3n) is 11.3. The monoisotopic (exact) mass is 1070 g/mol. The topological polar surface area (TPSA) is 79.4 Å². The quantitative estimate of drug-likeness (QED) is 0.0768. The number of allylic oxidation sites excluding steroid dienone is 6. The standard InChI is InChI=1S/3C19H21N2.2C7H8.Cr/c3*1-16(20-14-18-9-5-3-6-10-18)13-17(2)21-15-19-11-7-4-8-12-19;2*1-7-5-3-2-4-6-7;/h3*3-13H,14-15H2,1-2H3;2*2-6H,1H3;/q3*-1;;;+3/b3*16-13-,21-17?;;;. The van der Waals surface area contributed by atoms with Crippen LogP contribution in [0.5, 0.6) is 0 Å². The second-order valence-corrected chi connectivity index (χ2v) is 18.4. The molecule has 0 spiro atoms. The third-order valence-corrected chi connectivity index (χ3v) is 11.3. The van der Waals surface area contributed by atoms with Gasteiger partial charge in [0, 0.05) is 17.1 Å². The van der Waals surface area contributed by atoms with Crippen LogP contribution < -0.4 is 0 Å². The van der Waals surface area contributed by atoms with E-state index in [4.69, 9.17) is 0 Å². The van der Waals surface area contributed by atoms with Gasteiger partial charge in [-0.1, -0.05) is 309 Å². The van der Waals surface area contributed by atoms with E-state index in [-0.39, 0.29) is 17.4 Å². The van der Waals surface area contributed by atoms with Crippen molar-refractivity contribution in [2.24, 2.45) is 15.0 Å². The molecule has 0 unspecified atom stereocenters. The van der Waals surface area contributed by atoms with Gasteiger partial charge in [0.15, 0.2) is 0 Å². The van der Waals surface area contributed by atoms with E-state index < -0.39 is 0 Å². The third kappa shape index (κ3) is 31.7. The molecule has 0 atom stereocenters. The Hall–Kier alpha value is -8.08. The second-order valence-electron chi connectivity index (χ2n) is 18.4. The summed E-state index contributed by atoms with van der Waals surface area (Å²) >= 11 is 0. The van der Waals surface area contributed by atoms with Crippen LogP contribution in [0.1, 0.15) is 86.1 Å². The first-order valence-electron chi connectivity index (χ1n) is 26.4. The molecule has 7 heteroatoms. The Morgan fingerprint density at radius 2 is 0.462 bits per heavy atom. The molecule has 0 aliphatic heterocycles. The molecule has 78 heavy (non-hydrogen) atoms. The fourth-order valence-corrected chi connectivity index (χ4v) is 7.05. The minimum absolute atomic E-state index is 0. The Balaban J connectivity index is 0.000000271. The van der Waals surface area contributed by atoms with Crippen LogP contribution in [0, 0.1) is 13.8 Å². The molecule has 399 valence electrons. The van der Waals surface area contributed by atoms with Gasteiger partial charge in [0.1, 0.15) is 0 Å². The first-order chi connectivity index (χ1) is 37.5. The molecule has 1 radical (unpaired) electrons. The van der Waals surface area contributed by atoms with Crippen LogP contribution in [0.4, 0.5) is 0 Å². The molecule has 0 amide bonds. The van der Waals surface area contributed by atoms with Crippen molar-refractivity contribution in [3.8, 4) is 0 Å². The summed E-state index contributed by atoms with van der Waals surface area (Å²) in [7, 11) is 0. The van der Waals surface area contributed by atoms with Crippen LogP contribution in [-0.4, -0.2) is 17.1 Å². The van der Waals surface area contributed by atoms with Gasteiger partial charge < -0.3 is 16.0 Å². The fourth-order valence-electron chi connectivity index (χ4n) is 7.05. The van der Waals surface area contributed by atoms with Crippen LogP contribution in [0.25, 0.3) is 16.0 Å². The molecule has 0 fully saturated rings. The smallest absolute Gasteiger partial charge is 0.684 e. The van der Waals surface area contributed by atoms with Crippen molar-refractivity contribution in [2.45, 2.75) is 94.7 Å². The number of hydrogen-bond acceptors (Lipinski definition) is 3. The van der Waals surface area contributed by atoms with Gasteiger partial charge in [0.25, 0.3) is 0 Å². The Morgan fingerprint density at radius 1 is 0.282 bits per heavy atom. The number of aliphatic imine (C=N–C) groups is 3. The fraction of sp³-hybridized carbons (Fsp3) is 0.197. The summed E-state index contributed by atoms with van der Waals surface area (Å²) in [4.78, 5) is 13.7. The Kier molecular flexibility index (Phi) is 33.1. The van der Waals surface area contributed by atoms with Gasteiger partial charge in [0.2, 0.25) is 0 Å². The van der Waals surface area contributed by atoms with Gasteiger partial charge in [-0.3, -0.25) is 15.0 Å². The molecule has 0 saturated heterocycles. The maximum absolute atomic E-state index is 4.57. The van der Waals surface area contributed by atoms with Crippen molar-refractivity contribution in [1.82, 2.24) is 0 Å². The summed E-state index contributed by atoms with van der Waals surface area (Å²) in [6.45, 7) is 20.6. The molecule has 0 saturated carbocycles. The minimum atomic E-state index is 0. The molecule has 6 nitrogen and oxygen atoms in total. The largest absolute Gasteiger partial charge is 3.00 e. The van der Waals surface area contributed by atoms with Crippen molar-refractivity contribution < 1.29 is 17.4 Å². The Labute approximate surface area is 479 Å². The van der Waals surface area contributed by atoms with Gasteiger partial charge >= 0.3 is 17.4 Å². The molecule has 0 bridgehead atoms. The van der Waals surface area contributed by atoms with Crippen LogP contribution in [-0.2, 0) is 56.6 Å².